The van der Waals surface area contributed by atoms with Crippen molar-refractivity contribution >= 4 is 15.9 Å². The summed E-state index contributed by atoms with van der Waals surface area (Å²) in [5.74, 6) is 2.72. The number of rotatable bonds is 6. The van der Waals surface area contributed by atoms with Crippen molar-refractivity contribution in [3.05, 3.63) is 51.9 Å². The molecule has 1 N–H and O–H groups in total. The summed E-state index contributed by atoms with van der Waals surface area (Å²) in [5, 5.41) is 3.47. The van der Waals surface area contributed by atoms with Gasteiger partial charge in [0.2, 0.25) is 0 Å². The molecular weight excluding hydrogens is 318 g/mol. The molecule has 1 aliphatic rings. The second kappa shape index (κ2) is 6.02. The predicted molar refractivity (Wildman–Crippen MR) is 81.8 cm³/mol. The summed E-state index contributed by atoms with van der Waals surface area (Å²) in [6, 6.07) is 10.6. The molecule has 0 unspecified atom stereocenters. The van der Waals surface area contributed by atoms with E-state index in [1.54, 1.807) is 0 Å². The van der Waals surface area contributed by atoms with Crippen molar-refractivity contribution in [3.63, 3.8) is 0 Å². The van der Waals surface area contributed by atoms with Crippen LogP contribution in [-0.2, 0) is 13.2 Å². The lowest BCUT2D eigenvalue weighted by molar-refractivity contribution is 0.263. The van der Waals surface area contributed by atoms with E-state index in [1.807, 2.05) is 24.3 Å². The van der Waals surface area contributed by atoms with E-state index < -0.39 is 0 Å². The zero-order valence-electron chi connectivity index (χ0n) is 11.5. The van der Waals surface area contributed by atoms with E-state index in [1.165, 1.54) is 18.4 Å². The first-order valence-corrected chi connectivity index (χ1v) is 7.70. The summed E-state index contributed by atoms with van der Waals surface area (Å²) in [4.78, 5) is 0. The summed E-state index contributed by atoms with van der Waals surface area (Å²) < 4.78 is 12.6. The van der Waals surface area contributed by atoms with Crippen molar-refractivity contribution < 1.29 is 9.15 Å². The summed E-state index contributed by atoms with van der Waals surface area (Å²) in [7, 11) is 0. The molecule has 0 radical (unpaired) electrons. The maximum absolute atomic E-state index is 5.85. The number of halogens is 1. The van der Waals surface area contributed by atoms with E-state index in [4.69, 9.17) is 9.15 Å². The minimum absolute atomic E-state index is 0.451. The van der Waals surface area contributed by atoms with Crippen molar-refractivity contribution in [1.29, 1.82) is 0 Å². The van der Waals surface area contributed by atoms with E-state index in [2.05, 4.69) is 34.2 Å². The number of nitrogens with one attached hydrogen (secondary N) is 1. The SMILES string of the molecule is Cc1cc(COc2ccccc2Br)oc1CNC1CC1. The molecule has 1 heterocycles. The van der Waals surface area contributed by atoms with Crippen LogP contribution in [-0.4, -0.2) is 6.04 Å². The average Bonchev–Trinajstić information content (AvgIpc) is 3.20. The number of furan rings is 1. The highest BCUT2D eigenvalue weighted by molar-refractivity contribution is 9.10. The summed E-state index contributed by atoms with van der Waals surface area (Å²) >= 11 is 3.47. The van der Waals surface area contributed by atoms with Crippen LogP contribution in [0.5, 0.6) is 5.75 Å². The van der Waals surface area contributed by atoms with Crippen LogP contribution >= 0.6 is 15.9 Å². The van der Waals surface area contributed by atoms with Gasteiger partial charge in [0.15, 0.2) is 0 Å². The van der Waals surface area contributed by atoms with E-state index >= 15 is 0 Å². The van der Waals surface area contributed by atoms with Crippen LogP contribution in [0.15, 0.2) is 39.2 Å². The van der Waals surface area contributed by atoms with Gasteiger partial charge in [-0.2, -0.15) is 0 Å². The third-order valence-electron chi connectivity index (χ3n) is 3.41. The molecule has 1 fully saturated rings. The molecule has 0 spiro atoms. The zero-order chi connectivity index (χ0) is 13.9. The molecule has 0 aliphatic heterocycles. The van der Waals surface area contributed by atoms with Crippen molar-refractivity contribution in [2.24, 2.45) is 0 Å². The van der Waals surface area contributed by atoms with Gasteiger partial charge in [0, 0.05) is 6.04 Å². The molecule has 1 aliphatic carbocycles. The Morgan fingerprint density at radius 2 is 2.15 bits per heavy atom. The monoisotopic (exact) mass is 335 g/mol. The van der Waals surface area contributed by atoms with Crippen LogP contribution in [0.2, 0.25) is 0 Å². The Labute approximate surface area is 127 Å². The Morgan fingerprint density at radius 1 is 1.35 bits per heavy atom. The minimum atomic E-state index is 0.451. The van der Waals surface area contributed by atoms with Gasteiger partial charge in [-0.3, -0.25) is 0 Å². The van der Waals surface area contributed by atoms with Gasteiger partial charge in [0.05, 0.1) is 11.0 Å². The maximum Gasteiger partial charge on any atom is 0.146 e. The Morgan fingerprint density at radius 3 is 2.90 bits per heavy atom. The highest BCUT2D eigenvalue weighted by Gasteiger charge is 2.21. The largest absolute Gasteiger partial charge is 0.484 e. The van der Waals surface area contributed by atoms with E-state index in [0.717, 1.165) is 28.3 Å². The van der Waals surface area contributed by atoms with Gasteiger partial charge in [0.1, 0.15) is 23.9 Å². The molecule has 4 heteroatoms. The molecule has 2 aromatic rings. The molecule has 0 saturated heterocycles. The van der Waals surface area contributed by atoms with Crippen LogP contribution in [0, 0.1) is 6.92 Å². The Balaban J connectivity index is 1.59. The van der Waals surface area contributed by atoms with Gasteiger partial charge < -0.3 is 14.5 Å². The first kappa shape index (κ1) is 13.7. The second-order valence-corrected chi connectivity index (χ2v) is 6.05. The first-order chi connectivity index (χ1) is 9.72. The fourth-order valence-electron chi connectivity index (χ4n) is 2.07. The van der Waals surface area contributed by atoms with Gasteiger partial charge in [-0.15, -0.1) is 0 Å². The number of hydrogen-bond donors (Lipinski definition) is 1. The molecule has 0 atom stereocenters. The van der Waals surface area contributed by atoms with Crippen molar-refractivity contribution in [2.45, 2.75) is 39.0 Å². The number of ether oxygens (including phenoxy) is 1. The van der Waals surface area contributed by atoms with Gasteiger partial charge in [-0.1, -0.05) is 12.1 Å². The number of para-hydroxylation sites is 1. The number of hydrogen-bond acceptors (Lipinski definition) is 3. The predicted octanol–water partition coefficient (Wildman–Crippen LogP) is 4.18. The third-order valence-corrected chi connectivity index (χ3v) is 4.06. The standard InChI is InChI=1S/C16H18BrNO2/c1-11-8-13(20-16(11)9-18-12-6-7-12)10-19-15-5-3-2-4-14(15)17/h2-5,8,12,18H,6-7,9-10H2,1H3. The third kappa shape index (κ3) is 3.44. The molecule has 1 aromatic heterocycles. The molecule has 20 heavy (non-hydrogen) atoms. The smallest absolute Gasteiger partial charge is 0.146 e. The lowest BCUT2D eigenvalue weighted by Crippen LogP contribution is -2.15. The van der Waals surface area contributed by atoms with E-state index in [-0.39, 0.29) is 0 Å². The molecule has 3 rings (SSSR count). The van der Waals surface area contributed by atoms with Crippen molar-refractivity contribution in [1.82, 2.24) is 5.32 Å². The fraction of sp³-hybridized carbons (Fsp3) is 0.375. The topological polar surface area (TPSA) is 34.4 Å². The zero-order valence-corrected chi connectivity index (χ0v) is 13.1. The van der Waals surface area contributed by atoms with Crippen LogP contribution < -0.4 is 10.1 Å². The highest BCUT2D eigenvalue weighted by atomic mass is 79.9. The van der Waals surface area contributed by atoms with Crippen molar-refractivity contribution in [3.8, 4) is 5.75 Å². The van der Waals surface area contributed by atoms with E-state index in [9.17, 15) is 0 Å². The lowest BCUT2D eigenvalue weighted by atomic mass is 10.2. The number of benzene rings is 1. The van der Waals surface area contributed by atoms with Crippen molar-refractivity contribution in [2.75, 3.05) is 0 Å². The van der Waals surface area contributed by atoms with Crippen LogP contribution in [0.1, 0.15) is 29.9 Å². The molecule has 106 valence electrons. The fourth-order valence-corrected chi connectivity index (χ4v) is 2.47. The Bertz CT molecular complexity index is 590. The maximum atomic E-state index is 5.85. The van der Waals surface area contributed by atoms with Crippen LogP contribution in [0.4, 0.5) is 0 Å². The molecule has 1 saturated carbocycles. The van der Waals surface area contributed by atoms with Gasteiger partial charge >= 0.3 is 0 Å². The Kier molecular flexibility index (Phi) is 4.13. The quantitative estimate of drug-likeness (QED) is 0.859. The van der Waals surface area contributed by atoms with E-state index in [0.29, 0.717) is 12.6 Å². The van der Waals surface area contributed by atoms with Gasteiger partial charge in [-0.25, -0.2) is 0 Å². The first-order valence-electron chi connectivity index (χ1n) is 6.91. The molecular formula is C16H18BrNO2. The normalized spacial score (nSPS) is 14.5. The molecule has 0 amide bonds. The molecule has 1 aromatic carbocycles. The Hall–Kier alpha value is -1.26. The molecule has 0 bridgehead atoms. The lowest BCUT2D eigenvalue weighted by Gasteiger charge is -2.06. The van der Waals surface area contributed by atoms with Gasteiger partial charge in [-0.05, 0) is 59.5 Å². The average molecular weight is 336 g/mol. The minimum Gasteiger partial charge on any atom is -0.484 e. The van der Waals surface area contributed by atoms with Gasteiger partial charge in [0.25, 0.3) is 0 Å². The van der Waals surface area contributed by atoms with Crippen LogP contribution in [0.25, 0.3) is 0 Å². The molecule has 3 nitrogen and oxygen atoms in total. The highest BCUT2D eigenvalue weighted by Crippen LogP contribution is 2.26. The number of aryl methyl sites for hydroxylation is 1. The summed E-state index contributed by atoms with van der Waals surface area (Å²) in [6.45, 7) is 3.34. The van der Waals surface area contributed by atoms with Crippen LogP contribution in [0.3, 0.4) is 0 Å². The summed E-state index contributed by atoms with van der Waals surface area (Å²) in [6.07, 6.45) is 2.58. The summed E-state index contributed by atoms with van der Waals surface area (Å²) in [5.41, 5.74) is 1.18. The second-order valence-electron chi connectivity index (χ2n) is 5.19.